The molecule has 140 valence electrons. The third kappa shape index (κ3) is 2.54. The average molecular weight is 353 g/mol. The van der Waals surface area contributed by atoms with Crippen LogP contribution in [0.5, 0.6) is 0 Å². The van der Waals surface area contributed by atoms with Gasteiger partial charge in [-0.1, -0.05) is 37.3 Å². The molecule has 1 amide bonds. The molecule has 0 aromatic heterocycles. The second-order valence-corrected chi connectivity index (χ2v) is 10.2. The van der Waals surface area contributed by atoms with Gasteiger partial charge in [0.05, 0.1) is 6.04 Å². The summed E-state index contributed by atoms with van der Waals surface area (Å²) in [6.07, 6.45) is 7.51. The van der Waals surface area contributed by atoms with Crippen molar-refractivity contribution in [2.75, 3.05) is 20.1 Å². The summed E-state index contributed by atoms with van der Waals surface area (Å²) < 4.78 is 0. The molecule has 5 rings (SSSR count). The van der Waals surface area contributed by atoms with Crippen LogP contribution in [-0.4, -0.2) is 37.0 Å². The monoisotopic (exact) mass is 352 g/mol. The van der Waals surface area contributed by atoms with E-state index >= 15 is 0 Å². The number of carbonyl (C=O) groups excluding carboxylic acids is 1. The summed E-state index contributed by atoms with van der Waals surface area (Å²) in [6, 6.07) is 11.6. The van der Waals surface area contributed by atoms with Crippen LogP contribution in [0.4, 0.5) is 0 Å². The maximum atomic E-state index is 13.1. The Morgan fingerprint density at radius 2 is 1.96 bits per heavy atom. The van der Waals surface area contributed by atoms with E-state index in [0.29, 0.717) is 34.6 Å². The Kier molecular flexibility index (Phi) is 3.76. The summed E-state index contributed by atoms with van der Waals surface area (Å²) in [4.78, 5) is 15.4. The zero-order chi connectivity index (χ0) is 17.9. The molecule has 5 atom stereocenters. The fourth-order valence-corrected chi connectivity index (χ4v) is 7.38. The number of likely N-dealkylation sites (tertiary alicyclic amines) is 1. The van der Waals surface area contributed by atoms with Crippen molar-refractivity contribution in [3.63, 3.8) is 0 Å². The smallest absolute Gasteiger partial charge is 0.223 e. The Bertz CT molecular complexity index is 697. The average Bonchev–Trinajstić information content (AvgIpc) is 2.58. The highest BCUT2D eigenvalue weighted by atomic mass is 16.2. The van der Waals surface area contributed by atoms with E-state index in [9.17, 15) is 4.79 Å². The van der Waals surface area contributed by atoms with Gasteiger partial charge in [-0.15, -0.1) is 0 Å². The molecule has 1 aromatic rings. The standard InChI is InChI=1S/C23H32N2O/c1-22-11-16-10-19(21(26)24-18-13-25(2)14-18)20(22)8-9-23(12-16,15-22)17-6-4-3-5-7-17/h3-7,16,18-20H,8-15H2,1-2H3,(H,24,26). The number of amides is 1. The molecule has 1 heterocycles. The third-order valence-corrected chi connectivity index (χ3v) is 8.21. The van der Waals surface area contributed by atoms with Gasteiger partial charge in [-0.05, 0) is 73.8 Å². The summed E-state index contributed by atoms with van der Waals surface area (Å²) in [5.74, 6) is 1.90. The number of nitrogens with zero attached hydrogens (tertiary/aromatic N) is 1. The predicted octanol–water partition coefficient (Wildman–Crippen LogP) is 3.59. The van der Waals surface area contributed by atoms with Crippen LogP contribution in [0.25, 0.3) is 0 Å². The van der Waals surface area contributed by atoms with Crippen molar-refractivity contribution < 1.29 is 4.79 Å². The van der Waals surface area contributed by atoms with Crippen molar-refractivity contribution in [2.24, 2.45) is 23.2 Å². The topological polar surface area (TPSA) is 32.3 Å². The molecule has 1 saturated heterocycles. The SMILES string of the molecule is CN1CC(NC(=O)C2CC3CC4(c5ccccc5)CCC2C(C)(C3)C4)C1. The van der Waals surface area contributed by atoms with E-state index in [4.69, 9.17) is 0 Å². The van der Waals surface area contributed by atoms with Gasteiger partial charge in [0.2, 0.25) is 5.91 Å². The van der Waals surface area contributed by atoms with Gasteiger partial charge in [-0.2, -0.15) is 0 Å². The number of hydrogen-bond donors (Lipinski definition) is 1. The van der Waals surface area contributed by atoms with Crippen LogP contribution in [-0.2, 0) is 10.2 Å². The Morgan fingerprint density at radius 1 is 1.19 bits per heavy atom. The number of carbonyl (C=O) groups is 1. The first-order valence-corrected chi connectivity index (χ1v) is 10.5. The van der Waals surface area contributed by atoms with E-state index in [0.717, 1.165) is 19.5 Å². The van der Waals surface area contributed by atoms with Crippen LogP contribution in [0.1, 0.15) is 51.0 Å². The van der Waals surface area contributed by atoms with Gasteiger partial charge in [0.1, 0.15) is 0 Å². The summed E-state index contributed by atoms with van der Waals surface area (Å²) in [6.45, 7) is 4.53. The van der Waals surface area contributed by atoms with Gasteiger partial charge < -0.3 is 10.2 Å². The Hall–Kier alpha value is -1.35. The minimum atomic E-state index is 0.249. The molecule has 1 aromatic carbocycles. The van der Waals surface area contributed by atoms with E-state index in [1.807, 2.05) is 0 Å². The summed E-state index contributed by atoms with van der Waals surface area (Å²) in [5, 5.41) is 3.37. The quantitative estimate of drug-likeness (QED) is 0.902. The highest BCUT2D eigenvalue weighted by Crippen LogP contribution is 2.66. The largest absolute Gasteiger partial charge is 0.351 e. The maximum absolute atomic E-state index is 13.1. The second kappa shape index (κ2) is 5.82. The Labute approximate surface area is 157 Å². The predicted molar refractivity (Wildman–Crippen MR) is 104 cm³/mol. The molecule has 0 spiro atoms. The minimum absolute atomic E-state index is 0.249. The number of rotatable bonds is 3. The molecule has 0 radical (unpaired) electrons. The number of benzene rings is 1. The zero-order valence-corrected chi connectivity index (χ0v) is 16.2. The van der Waals surface area contributed by atoms with E-state index in [-0.39, 0.29) is 5.92 Å². The molecule has 26 heavy (non-hydrogen) atoms. The van der Waals surface area contributed by atoms with Gasteiger partial charge in [0, 0.05) is 19.0 Å². The van der Waals surface area contributed by atoms with Crippen molar-refractivity contribution in [1.82, 2.24) is 10.2 Å². The van der Waals surface area contributed by atoms with Crippen LogP contribution in [0, 0.1) is 23.2 Å². The maximum Gasteiger partial charge on any atom is 0.223 e. The molecule has 5 unspecified atom stereocenters. The van der Waals surface area contributed by atoms with Gasteiger partial charge >= 0.3 is 0 Å². The van der Waals surface area contributed by atoms with E-state index in [2.05, 4.69) is 54.5 Å². The molecule has 3 bridgehead atoms. The molecule has 1 aliphatic heterocycles. The first-order chi connectivity index (χ1) is 12.5. The highest BCUT2D eigenvalue weighted by Gasteiger charge is 2.59. The van der Waals surface area contributed by atoms with Crippen molar-refractivity contribution in [3.05, 3.63) is 35.9 Å². The van der Waals surface area contributed by atoms with Crippen LogP contribution in [0.3, 0.4) is 0 Å². The van der Waals surface area contributed by atoms with E-state index < -0.39 is 0 Å². The molecule has 1 N–H and O–H groups in total. The van der Waals surface area contributed by atoms with Crippen LogP contribution in [0.15, 0.2) is 30.3 Å². The van der Waals surface area contributed by atoms with Gasteiger partial charge in [-0.3, -0.25) is 4.79 Å². The fourth-order valence-electron chi connectivity index (χ4n) is 7.38. The van der Waals surface area contributed by atoms with Crippen molar-refractivity contribution in [2.45, 2.75) is 56.9 Å². The molecule has 4 aliphatic rings. The second-order valence-electron chi connectivity index (χ2n) is 10.2. The van der Waals surface area contributed by atoms with Crippen molar-refractivity contribution in [3.8, 4) is 0 Å². The number of nitrogens with one attached hydrogen (secondary N) is 1. The highest BCUT2D eigenvalue weighted by molar-refractivity contribution is 5.80. The van der Waals surface area contributed by atoms with E-state index in [1.54, 1.807) is 5.56 Å². The Morgan fingerprint density at radius 3 is 2.69 bits per heavy atom. The number of fused-ring (bicyclic) bond motifs is 2. The lowest BCUT2D eigenvalue weighted by molar-refractivity contribution is -0.144. The molecular weight excluding hydrogens is 320 g/mol. The van der Waals surface area contributed by atoms with Gasteiger partial charge in [-0.25, -0.2) is 0 Å². The first kappa shape index (κ1) is 16.8. The molecule has 3 nitrogen and oxygen atoms in total. The lowest BCUT2D eigenvalue weighted by Gasteiger charge is -2.62. The zero-order valence-electron chi connectivity index (χ0n) is 16.2. The normalized spacial score (nSPS) is 42.3. The lowest BCUT2D eigenvalue weighted by atomic mass is 9.42. The molecule has 3 saturated carbocycles. The summed E-state index contributed by atoms with van der Waals surface area (Å²) in [7, 11) is 2.12. The lowest BCUT2D eigenvalue weighted by Crippen LogP contribution is -2.61. The van der Waals surface area contributed by atoms with E-state index in [1.165, 1.54) is 32.1 Å². The van der Waals surface area contributed by atoms with Gasteiger partial charge in [0.25, 0.3) is 0 Å². The molecule has 3 heteroatoms. The number of likely N-dealkylation sites (N-methyl/N-ethyl adjacent to an activating group) is 1. The molecule has 3 aliphatic carbocycles. The fraction of sp³-hybridized carbons (Fsp3) is 0.696. The van der Waals surface area contributed by atoms with Crippen LogP contribution < -0.4 is 5.32 Å². The van der Waals surface area contributed by atoms with Crippen LogP contribution >= 0.6 is 0 Å². The summed E-state index contributed by atoms with van der Waals surface area (Å²) >= 11 is 0. The van der Waals surface area contributed by atoms with Crippen molar-refractivity contribution >= 4 is 5.91 Å². The first-order valence-electron chi connectivity index (χ1n) is 10.5. The third-order valence-electron chi connectivity index (χ3n) is 8.21. The van der Waals surface area contributed by atoms with Crippen molar-refractivity contribution in [1.29, 1.82) is 0 Å². The minimum Gasteiger partial charge on any atom is -0.351 e. The number of hydrogen-bond acceptors (Lipinski definition) is 2. The molecular formula is C23H32N2O. The molecule has 4 fully saturated rings. The summed E-state index contributed by atoms with van der Waals surface area (Å²) in [5.41, 5.74) is 2.26. The van der Waals surface area contributed by atoms with Crippen LogP contribution in [0.2, 0.25) is 0 Å². The van der Waals surface area contributed by atoms with Gasteiger partial charge in [0.15, 0.2) is 0 Å². The Balaban J connectivity index is 1.38.